The molecule has 3 aromatic carbocycles. The van der Waals surface area contributed by atoms with Gasteiger partial charge in [0.15, 0.2) is 11.5 Å². The van der Waals surface area contributed by atoms with E-state index < -0.39 is 15.9 Å². The number of rotatable bonds is 8. The van der Waals surface area contributed by atoms with Crippen LogP contribution in [0.2, 0.25) is 0 Å². The molecule has 0 unspecified atom stereocenters. The quantitative estimate of drug-likeness (QED) is 0.551. The summed E-state index contributed by atoms with van der Waals surface area (Å²) >= 11 is 0. The van der Waals surface area contributed by atoms with E-state index in [0.717, 1.165) is 0 Å². The van der Waals surface area contributed by atoms with Gasteiger partial charge in [0.25, 0.3) is 15.9 Å². The number of hydrogen-bond acceptors (Lipinski definition) is 6. The van der Waals surface area contributed by atoms with Crippen LogP contribution in [0, 0.1) is 0 Å². The largest absolute Gasteiger partial charge is 0.495 e. The van der Waals surface area contributed by atoms with Crippen LogP contribution in [0.4, 0.5) is 11.4 Å². The Labute approximate surface area is 180 Å². The molecule has 0 aliphatic rings. The minimum Gasteiger partial charge on any atom is -0.495 e. The van der Waals surface area contributed by atoms with Crippen molar-refractivity contribution in [3.63, 3.8) is 0 Å². The number of sulfonamides is 1. The third kappa shape index (κ3) is 5.07. The number of benzene rings is 3. The molecule has 2 N–H and O–H groups in total. The molecule has 8 nitrogen and oxygen atoms in total. The van der Waals surface area contributed by atoms with Crippen LogP contribution < -0.4 is 24.2 Å². The van der Waals surface area contributed by atoms with Crippen molar-refractivity contribution in [1.82, 2.24) is 0 Å². The zero-order valence-corrected chi connectivity index (χ0v) is 18.0. The monoisotopic (exact) mass is 442 g/mol. The Hall–Kier alpha value is -3.72. The van der Waals surface area contributed by atoms with Crippen LogP contribution >= 0.6 is 0 Å². The SMILES string of the molecule is COc1ccccc1NS(=O)(=O)c1ccc(C(=O)Nc2ccc(OC)c(OC)c2)cc1. The second-order valence-corrected chi connectivity index (χ2v) is 8.04. The van der Waals surface area contributed by atoms with Gasteiger partial charge in [-0.3, -0.25) is 9.52 Å². The number of para-hydroxylation sites is 2. The van der Waals surface area contributed by atoms with E-state index in [4.69, 9.17) is 14.2 Å². The zero-order chi connectivity index (χ0) is 22.4. The highest BCUT2D eigenvalue weighted by Gasteiger charge is 2.17. The van der Waals surface area contributed by atoms with Crippen LogP contribution in [0.15, 0.2) is 71.6 Å². The molecule has 0 aliphatic heterocycles. The normalized spacial score (nSPS) is 10.8. The Morgan fingerprint density at radius 3 is 2.06 bits per heavy atom. The first-order valence-electron chi connectivity index (χ1n) is 9.17. The van der Waals surface area contributed by atoms with Gasteiger partial charge in [-0.25, -0.2) is 8.42 Å². The van der Waals surface area contributed by atoms with Gasteiger partial charge in [-0.15, -0.1) is 0 Å². The van der Waals surface area contributed by atoms with Gasteiger partial charge in [-0.05, 0) is 48.5 Å². The first-order chi connectivity index (χ1) is 14.9. The molecule has 0 saturated heterocycles. The van der Waals surface area contributed by atoms with Crippen LogP contribution in [0.1, 0.15) is 10.4 Å². The fourth-order valence-electron chi connectivity index (χ4n) is 2.84. The summed E-state index contributed by atoms with van der Waals surface area (Å²) in [7, 11) is 0.625. The van der Waals surface area contributed by atoms with E-state index in [2.05, 4.69) is 10.0 Å². The number of nitrogens with one attached hydrogen (secondary N) is 2. The fraction of sp³-hybridized carbons (Fsp3) is 0.136. The maximum absolute atomic E-state index is 12.7. The molecule has 0 heterocycles. The lowest BCUT2D eigenvalue weighted by atomic mass is 10.2. The van der Waals surface area contributed by atoms with Crippen molar-refractivity contribution in [2.24, 2.45) is 0 Å². The number of anilines is 2. The Bertz CT molecular complexity index is 1180. The molecule has 0 fully saturated rings. The van der Waals surface area contributed by atoms with Gasteiger partial charge < -0.3 is 19.5 Å². The molecule has 31 heavy (non-hydrogen) atoms. The lowest BCUT2D eigenvalue weighted by Crippen LogP contribution is -2.15. The van der Waals surface area contributed by atoms with Crippen molar-refractivity contribution in [3.05, 3.63) is 72.3 Å². The summed E-state index contributed by atoms with van der Waals surface area (Å²) in [4.78, 5) is 12.6. The van der Waals surface area contributed by atoms with Crippen LogP contribution in [-0.2, 0) is 10.0 Å². The average molecular weight is 442 g/mol. The van der Waals surface area contributed by atoms with Gasteiger partial charge in [0.2, 0.25) is 0 Å². The molecule has 0 aliphatic carbocycles. The molecule has 0 aromatic heterocycles. The molecular weight excluding hydrogens is 420 g/mol. The minimum absolute atomic E-state index is 0.0149. The van der Waals surface area contributed by atoms with Crippen LogP contribution in [-0.4, -0.2) is 35.7 Å². The Morgan fingerprint density at radius 1 is 0.774 bits per heavy atom. The summed E-state index contributed by atoms with van der Waals surface area (Å²) in [5.41, 5.74) is 1.13. The summed E-state index contributed by atoms with van der Waals surface area (Å²) in [6, 6.07) is 17.3. The molecule has 3 rings (SSSR count). The Morgan fingerprint density at radius 2 is 1.42 bits per heavy atom. The van der Waals surface area contributed by atoms with Gasteiger partial charge in [-0.1, -0.05) is 12.1 Å². The smallest absolute Gasteiger partial charge is 0.262 e. The number of amides is 1. The lowest BCUT2D eigenvalue weighted by molar-refractivity contribution is 0.102. The molecule has 0 atom stereocenters. The maximum Gasteiger partial charge on any atom is 0.262 e. The van der Waals surface area contributed by atoms with Gasteiger partial charge in [-0.2, -0.15) is 0 Å². The van der Waals surface area contributed by atoms with Gasteiger partial charge in [0.1, 0.15) is 5.75 Å². The number of carbonyl (C=O) groups is 1. The van der Waals surface area contributed by atoms with Gasteiger partial charge >= 0.3 is 0 Å². The first-order valence-corrected chi connectivity index (χ1v) is 10.7. The van der Waals surface area contributed by atoms with E-state index in [0.29, 0.717) is 34.2 Å². The molecule has 9 heteroatoms. The Kier molecular flexibility index (Phi) is 6.66. The number of carbonyl (C=O) groups excluding carboxylic acids is 1. The van der Waals surface area contributed by atoms with E-state index in [1.165, 1.54) is 45.6 Å². The summed E-state index contributed by atoms with van der Waals surface area (Å²) in [5.74, 6) is 1.02. The molecule has 0 spiro atoms. The molecule has 0 saturated carbocycles. The van der Waals surface area contributed by atoms with Crippen molar-refractivity contribution in [3.8, 4) is 17.2 Å². The molecular formula is C22H22N2O6S. The third-order valence-electron chi connectivity index (χ3n) is 4.42. The van der Waals surface area contributed by atoms with E-state index in [1.54, 1.807) is 42.5 Å². The van der Waals surface area contributed by atoms with Crippen molar-refractivity contribution in [2.45, 2.75) is 4.90 Å². The molecule has 0 bridgehead atoms. The van der Waals surface area contributed by atoms with E-state index in [9.17, 15) is 13.2 Å². The van der Waals surface area contributed by atoms with Crippen LogP contribution in [0.5, 0.6) is 17.2 Å². The summed E-state index contributed by atoms with van der Waals surface area (Å²) < 4.78 is 43.4. The van der Waals surface area contributed by atoms with Crippen molar-refractivity contribution in [1.29, 1.82) is 0 Å². The van der Waals surface area contributed by atoms with Gasteiger partial charge in [0.05, 0.1) is 31.9 Å². The highest BCUT2D eigenvalue weighted by molar-refractivity contribution is 7.92. The fourth-order valence-corrected chi connectivity index (χ4v) is 3.91. The van der Waals surface area contributed by atoms with Crippen molar-refractivity contribution >= 4 is 27.3 Å². The van der Waals surface area contributed by atoms with E-state index in [-0.39, 0.29) is 4.90 Å². The van der Waals surface area contributed by atoms with Crippen LogP contribution in [0.25, 0.3) is 0 Å². The summed E-state index contributed by atoms with van der Waals surface area (Å²) in [5, 5.41) is 2.74. The number of hydrogen-bond donors (Lipinski definition) is 2. The van der Waals surface area contributed by atoms with Crippen LogP contribution in [0.3, 0.4) is 0 Å². The highest BCUT2D eigenvalue weighted by Crippen LogP contribution is 2.30. The minimum atomic E-state index is -3.86. The standard InChI is InChI=1S/C22H22N2O6S/c1-28-19-7-5-4-6-18(19)24-31(26,27)17-11-8-15(9-12-17)22(25)23-16-10-13-20(29-2)21(14-16)30-3/h4-14,24H,1-3H3,(H,23,25). The van der Waals surface area contributed by atoms with E-state index >= 15 is 0 Å². The second kappa shape index (κ2) is 9.40. The number of ether oxygens (including phenoxy) is 3. The zero-order valence-electron chi connectivity index (χ0n) is 17.2. The first kappa shape index (κ1) is 22.0. The Balaban J connectivity index is 1.75. The second-order valence-electron chi connectivity index (χ2n) is 6.35. The average Bonchev–Trinajstić information content (AvgIpc) is 2.79. The predicted octanol–water partition coefficient (Wildman–Crippen LogP) is 3.77. The van der Waals surface area contributed by atoms with Crippen molar-refractivity contribution < 1.29 is 27.4 Å². The summed E-state index contributed by atoms with van der Waals surface area (Å²) in [6.45, 7) is 0. The maximum atomic E-state index is 12.7. The summed E-state index contributed by atoms with van der Waals surface area (Å²) in [6.07, 6.45) is 0. The predicted molar refractivity (Wildman–Crippen MR) is 118 cm³/mol. The number of methoxy groups -OCH3 is 3. The molecule has 3 aromatic rings. The third-order valence-corrected chi connectivity index (χ3v) is 5.80. The van der Waals surface area contributed by atoms with Crippen molar-refractivity contribution in [2.75, 3.05) is 31.4 Å². The van der Waals surface area contributed by atoms with E-state index in [1.807, 2.05) is 0 Å². The molecule has 0 radical (unpaired) electrons. The lowest BCUT2D eigenvalue weighted by Gasteiger charge is -2.12. The van der Waals surface area contributed by atoms with Gasteiger partial charge in [0, 0.05) is 17.3 Å². The topological polar surface area (TPSA) is 103 Å². The molecule has 162 valence electrons. The highest BCUT2D eigenvalue weighted by atomic mass is 32.2. The molecule has 1 amide bonds.